The number of halogens is 1. The highest BCUT2D eigenvalue weighted by atomic mass is 19.1. The van der Waals surface area contributed by atoms with Crippen molar-refractivity contribution in [2.24, 2.45) is 0 Å². The summed E-state index contributed by atoms with van der Waals surface area (Å²) in [4.78, 5) is 30.7. The van der Waals surface area contributed by atoms with Crippen LogP contribution in [0.1, 0.15) is 28.8 Å². The lowest BCUT2D eigenvalue weighted by molar-refractivity contribution is -0.0364. The predicted molar refractivity (Wildman–Crippen MR) is 126 cm³/mol. The summed E-state index contributed by atoms with van der Waals surface area (Å²) in [6.07, 6.45) is 3.83. The molecule has 35 heavy (non-hydrogen) atoms. The van der Waals surface area contributed by atoms with E-state index >= 15 is 0 Å². The number of piperidine rings is 1. The summed E-state index contributed by atoms with van der Waals surface area (Å²) in [7, 11) is 0. The summed E-state index contributed by atoms with van der Waals surface area (Å²) in [6, 6.07) is 12.5. The summed E-state index contributed by atoms with van der Waals surface area (Å²) >= 11 is 0. The Bertz CT molecular complexity index is 1420. The van der Waals surface area contributed by atoms with Crippen LogP contribution in [-0.2, 0) is 13.1 Å². The quantitative estimate of drug-likeness (QED) is 0.439. The number of aromatic nitrogens is 4. The number of rotatable bonds is 6. The van der Waals surface area contributed by atoms with E-state index in [1.165, 1.54) is 33.9 Å². The van der Waals surface area contributed by atoms with Crippen molar-refractivity contribution in [3.8, 4) is 5.69 Å². The maximum atomic E-state index is 13.2. The molecule has 1 fully saturated rings. The molecule has 10 heteroatoms. The van der Waals surface area contributed by atoms with E-state index in [1.54, 1.807) is 36.4 Å². The molecule has 2 aromatic heterocycles. The molecule has 1 aliphatic heterocycles. The van der Waals surface area contributed by atoms with Gasteiger partial charge in [-0.3, -0.25) is 14.3 Å². The molecular weight excluding hydrogens is 453 g/mol. The van der Waals surface area contributed by atoms with Crippen LogP contribution in [0.25, 0.3) is 16.7 Å². The van der Waals surface area contributed by atoms with E-state index in [1.807, 2.05) is 0 Å². The lowest BCUT2D eigenvalue weighted by Gasteiger charge is -2.38. The summed E-state index contributed by atoms with van der Waals surface area (Å²) in [5.41, 5.74) is 0.877. The summed E-state index contributed by atoms with van der Waals surface area (Å²) in [5.74, 6) is -1.32. The van der Waals surface area contributed by atoms with Crippen LogP contribution in [0.3, 0.4) is 0 Å². The molecule has 9 nitrogen and oxygen atoms in total. The van der Waals surface area contributed by atoms with Crippen molar-refractivity contribution in [2.75, 3.05) is 13.1 Å². The van der Waals surface area contributed by atoms with Gasteiger partial charge in [-0.15, -0.1) is 0 Å². The fourth-order valence-corrected chi connectivity index (χ4v) is 4.45. The zero-order valence-corrected chi connectivity index (χ0v) is 18.8. The second-order valence-electron chi connectivity index (χ2n) is 8.95. The van der Waals surface area contributed by atoms with Crippen LogP contribution in [0.4, 0.5) is 4.39 Å². The number of hydrogen-bond acceptors (Lipinski definition) is 6. The molecule has 0 spiro atoms. The zero-order valence-electron chi connectivity index (χ0n) is 18.8. The van der Waals surface area contributed by atoms with Crippen LogP contribution in [0, 0.1) is 5.82 Å². The molecule has 0 radical (unpaired) electrons. The molecular formula is C25H24FN5O4. The molecule has 1 aliphatic rings. The van der Waals surface area contributed by atoms with Crippen LogP contribution < -0.4 is 5.56 Å². The van der Waals surface area contributed by atoms with Crippen LogP contribution in [0.2, 0.25) is 0 Å². The summed E-state index contributed by atoms with van der Waals surface area (Å²) < 4.78 is 16.1. The molecule has 0 aliphatic carbocycles. The number of carboxylic acids is 1. The Balaban J connectivity index is 1.27. The topological polar surface area (TPSA) is 113 Å². The second-order valence-corrected chi connectivity index (χ2v) is 8.95. The Morgan fingerprint density at radius 2 is 1.74 bits per heavy atom. The number of hydrogen-bond donors (Lipinski definition) is 2. The first-order valence-corrected chi connectivity index (χ1v) is 11.3. The van der Waals surface area contributed by atoms with Gasteiger partial charge in [0.1, 0.15) is 17.5 Å². The van der Waals surface area contributed by atoms with Crippen LogP contribution >= 0.6 is 0 Å². The van der Waals surface area contributed by atoms with Gasteiger partial charge in [0.15, 0.2) is 5.65 Å². The fraction of sp³-hybridized carbons (Fsp3) is 0.280. The van der Waals surface area contributed by atoms with Gasteiger partial charge in [-0.1, -0.05) is 12.1 Å². The normalized spacial score (nSPS) is 15.9. The summed E-state index contributed by atoms with van der Waals surface area (Å²) in [5, 5.41) is 24.8. The minimum absolute atomic E-state index is 0.123. The Morgan fingerprint density at radius 3 is 2.40 bits per heavy atom. The highest BCUT2D eigenvalue weighted by molar-refractivity contribution is 5.87. The van der Waals surface area contributed by atoms with Gasteiger partial charge in [0.2, 0.25) is 0 Å². The van der Waals surface area contributed by atoms with Crippen molar-refractivity contribution >= 4 is 17.0 Å². The van der Waals surface area contributed by atoms with E-state index in [2.05, 4.69) is 15.0 Å². The van der Waals surface area contributed by atoms with Crippen molar-refractivity contribution in [1.82, 2.24) is 24.2 Å². The molecule has 0 amide bonds. The van der Waals surface area contributed by atoms with E-state index in [0.717, 1.165) is 5.56 Å². The van der Waals surface area contributed by atoms with Crippen molar-refractivity contribution in [3.63, 3.8) is 0 Å². The van der Waals surface area contributed by atoms with Gasteiger partial charge in [0.25, 0.3) is 5.56 Å². The molecule has 0 atom stereocenters. The first kappa shape index (κ1) is 22.9. The Kier molecular flexibility index (Phi) is 5.91. The molecule has 0 bridgehead atoms. The fourth-order valence-electron chi connectivity index (χ4n) is 4.45. The average Bonchev–Trinajstić information content (AvgIpc) is 3.28. The number of carboxylic acid groups (broad SMARTS) is 1. The number of nitrogens with zero attached hydrogens (tertiary/aromatic N) is 5. The third kappa shape index (κ3) is 4.71. The molecule has 3 heterocycles. The van der Waals surface area contributed by atoms with Gasteiger partial charge in [-0.25, -0.2) is 18.9 Å². The molecule has 0 saturated carbocycles. The van der Waals surface area contributed by atoms with Crippen molar-refractivity contribution in [1.29, 1.82) is 0 Å². The maximum Gasteiger partial charge on any atom is 0.335 e. The van der Waals surface area contributed by atoms with E-state index in [0.29, 0.717) is 49.2 Å². The second kappa shape index (κ2) is 9.05. The lowest BCUT2D eigenvalue weighted by Crippen LogP contribution is -2.47. The maximum absolute atomic E-state index is 13.2. The first-order valence-electron chi connectivity index (χ1n) is 11.3. The number of aliphatic hydroxyl groups is 1. The van der Waals surface area contributed by atoms with Crippen molar-refractivity contribution < 1.29 is 19.4 Å². The minimum atomic E-state index is -1.05. The summed E-state index contributed by atoms with van der Waals surface area (Å²) in [6.45, 7) is 2.07. The molecule has 5 rings (SSSR count). The van der Waals surface area contributed by atoms with Gasteiger partial charge >= 0.3 is 5.97 Å². The van der Waals surface area contributed by atoms with E-state index in [9.17, 15) is 19.1 Å². The number of likely N-dealkylation sites (tertiary alicyclic amines) is 1. The van der Waals surface area contributed by atoms with Gasteiger partial charge in [0.05, 0.1) is 29.6 Å². The van der Waals surface area contributed by atoms with Gasteiger partial charge < -0.3 is 10.2 Å². The van der Waals surface area contributed by atoms with Gasteiger partial charge in [-0.2, -0.15) is 5.10 Å². The Hall–Kier alpha value is -3.89. The standard InChI is InChI=1S/C25H24FN5O4/c26-19-5-7-20(8-6-19)31-22-21(13-28-31)23(32)30(16-27-22)15-25(35)9-11-29(12-10-25)14-17-1-3-18(4-2-17)24(33)34/h1-8,13,16,35H,9-12,14-15H2,(H,33,34). The molecule has 2 N–H and O–H groups in total. The van der Waals surface area contributed by atoms with Crippen molar-refractivity contribution in [2.45, 2.75) is 31.5 Å². The highest BCUT2D eigenvalue weighted by Crippen LogP contribution is 2.25. The van der Waals surface area contributed by atoms with E-state index < -0.39 is 11.6 Å². The minimum Gasteiger partial charge on any atom is -0.478 e. The van der Waals surface area contributed by atoms with E-state index in [4.69, 9.17) is 5.11 Å². The van der Waals surface area contributed by atoms with E-state index in [-0.39, 0.29) is 23.5 Å². The monoisotopic (exact) mass is 477 g/mol. The van der Waals surface area contributed by atoms with Gasteiger partial charge in [0, 0.05) is 19.6 Å². The number of benzene rings is 2. The Labute approximate surface area is 199 Å². The van der Waals surface area contributed by atoms with Gasteiger partial charge in [-0.05, 0) is 54.8 Å². The average molecular weight is 477 g/mol. The smallest absolute Gasteiger partial charge is 0.335 e. The SMILES string of the molecule is O=C(O)c1ccc(CN2CCC(O)(Cn3cnc4c(cnn4-c4ccc(F)cc4)c3=O)CC2)cc1. The van der Waals surface area contributed by atoms with Crippen molar-refractivity contribution in [3.05, 3.63) is 88.4 Å². The Morgan fingerprint density at radius 1 is 1.06 bits per heavy atom. The van der Waals surface area contributed by atoms with Crippen LogP contribution in [-0.4, -0.2) is 59.1 Å². The molecule has 2 aromatic carbocycles. The number of aromatic carboxylic acids is 1. The molecule has 0 unspecified atom stereocenters. The number of carbonyl (C=O) groups is 1. The highest BCUT2D eigenvalue weighted by Gasteiger charge is 2.33. The molecule has 1 saturated heterocycles. The predicted octanol–water partition coefficient (Wildman–Crippen LogP) is 2.45. The number of fused-ring (bicyclic) bond motifs is 1. The molecule has 4 aromatic rings. The van der Waals surface area contributed by atoms with Crippen LogP contribution in [0.15, 0.2) is 65.8 Å². The lowest BCUT2D eigenvalue weighted by atomic mass is 9.91. The first-order chi connectivity index (χ1) is 16.8. The largest absolute Gasteiger partial charge is 0.478 e. The van der Waals surface area contributed by atoms with Crippen LogP contribution in [0.5, 0.6) is 0 Å². The third-order valence-corrected chi connectivity index (χ3v) is 6.48. The third-order valence-electron chi connectivity index (χ3n) is 6.48. The zero-order chi connectivity index (χ0) is 24.6. The molecule has 180 valence electrons.